The molecule has 0 heterocycles. The van der Waals surface area contributed by atoms with Gasteiger partial charge in [0.2, 0.25) is 0 Å². The van der Waals surface area contributed by atoms with Crippen LogP contribution in [0.3, 0.4) is 0 Å². The molecular formula is C17H29N5O9. The first kappa shape index (κ1) is 27.6. The minimum Gasteiger partial charge on any atom is -0.481 e. The van der Waals surface area contributed by atoms with Gasteiger partial charge in [0.1, 0.15) is 12.1 Å². The maximum Gasteiger partial charge on any atom is 0.333 e. The van der Waals surface area contributed by atoms with Crippen molar-refractivity contribution in [1.82, 2.24) is 21.1 Å². The highest BCUT2D eigenvalue weighted by Gasteiger charge is 2.32. The molecule has 0 spiro atoms. The lowest BCUT2D eigenvalue weighted by Gasteiger charge is -2.30. The third kappa shape index (κ3) is 12.0. The quantitative estimate of drug-likeness (QED) is 0.0930. The van der Waals surface area contributed by atoms with Crippen LogP contribution in [0.4, 0.5) is 4.79 Å². The van der Waals surface area contributed by atoms with Gasteiger partial charge in [-0.15, -0.1) is 5.16 Å². The largest absolute Gasteiger partial charge is 0.481 e. The zero-order chi connectivity index (χ0) is 23.8. The van der Waals surface area contributed by atoms with Gasteiger partial charge in [0.05, 0.1) is 0 Å². The molecule has 176 valence electrons. The Morgan fingerprint density at radius 2 is 1.74 bits per heavy atom. The summed E-state index contributed by atoms with van der Waals surface area (Å²) in [7, 11) is 0. The van der Waals surface area contributed by atoms with Crippen LogP contribution in [0.2, 0.25) is 0 Å². The van der Waals surface area contributed by atoms with Gasteiger partial charge in [-0.05, 0) is 25.7 Å². The van der Waals surface area contributed by atoms with E-state index in [0.717, 1.165) is 5.01 Å². The Balaban J connectivity index is 4.90. The number of hydrazine groups is 1. The number of hydrogen-bond donors (Lipinski definition) is 6. The van der Waals surface area contributed by atoms with E-state index in [1.807, 2.05) is 0 Å². The second kappa shape index (κ2) is 15.4. The summed E-state index contributed by atoms with van der Waals surface area (Å²) < 4.78 is 0. The molecular weight excluding hydrogens is 418 g/mol. The van der Waals surface area contributed by atoms with Gasteiger partial charge >= 0.3 is 23.9 Å². The second-order valence-corrected chi connectivity index (χ2v) is 6.26. The highest BCUT2D eigenvalue weighted by molar-refractivity contribution is 5.86. The molecule has 6 N–H and O–H groups in total. The van der Waals surface area contributed by atoms with Crippen molar-refractivity contribution in [2.45, 2.75) is 51.1 Å². The molecule has 0 saturated carbocycles. The summed E-state index contributed by atoms with van der Waals surface area (Å²) in [4.78, 5) is 62.0. The van der Waals surface area contributed by atoms with E-state index in [4.69, 9.17) is 5.11 Å². The van der Waals surface area contributed by atoms with Crippen LogP contribution in [0.15, 0.2) is 5.16 Å². The van der Waals surface area contributed by atoms with Crippen LogP contribution >= 0.6 is 0 Å². The molecule has 0 saturated heterocycles. The van der Waals surface area contributed by atoms with Gasteiger partial charge < -0.3 is 30.8 Å². The van der Waals surface area contributed by atoms with Gasteiger partial charge in [0.25, 0.3) is 5.91 Å². The SMILES string of the molecule is C=NOCC(=O)NCCCCC(C(=O)O)N(NCC)C(=O)NC(CCC(=O)O)C(=O)O. The van der Waals surface area contributed by atoms with Crippen LogP contribution in [0.5, 0.6) is 0 Å². The molecule has 0 radical (unpaired) electrons. The monoisotopic (exact) mass is 447 g/mol. The first-order valence-electron chi connectivity index (χ1n) is 9.49. The average molecular weight is 447 g/mol. The lowest BCUT2D eigenvalue weighted by molar-refractivity contribution is -0.143. The number of carbonyl (C=O) groups is 5. The molecule has 0 fully saturated rings. The second-order valence-electron chi connectivity index (χ2n) is 6.26. The Labute approximate surface area is 178 Å². The molecule has 0 aliphatic rings. The molecule has 0 aromatic carbocycles. The number of carboxylic acid groups (broad SMARTS) is 3. The first-order chi connectivity index (χ1) is 14.6. The average Bonchev–Trinajstić information content (AvgIpc) is 2.69. The summed E-state index contributed by atoms with van der Waals surface area (Å²) in [5, 5.41) is 35.9. The van der Waals surface area contributed by atoms with E-state index in [-0.39, 0.29) is 32.5 Å². The molecule has 0 bridgehead atoms. The van der Waals surface area contributed by atoms with E-state index in [1.54, 1.807) is 6.92 Å². The van der Waals surface area contributed by atoms with Crippen molar-refractivity contribution in [2.24, 2.45) is 5.16 Å². The third-order valence-corrected chi connectivity index (χ3v) is 3.90. The van der Waals surface area contributed by atoms with Gasteiger partial charge in [-0.3, -0.25) is 9.59 Å². The number of amides is 3. The number of nitrogens with one attached hydrogen (secondary N) is 3. The fraction of sp³-hybridized carbons (Fsp3) is 0.647. The van der Waals surface area contributed by atoms with Crippen LogP contribution in [0.25, 0.3) is 0 Å². The zero-order valence-electron chi connectivity index (χ0n) is 17.2. The van der Waals surface area contributed by atoms with Crippen LogP contribution in [-0.2, 0) is 24.0 Å². The smallest absolute Gasteiger partial charge is 0.333 e. The van der Waals surface area contributed by atoms with Crippen LogP contribution in [-0.4, -0.2) is 88.7 Å². The minimum absolute atomic E-state index is 0.0171. The lowest BCUT2D eigenvalue weighted by atomic mass is 10.1. The normalized spacial score (nSPS) is 12.2. The molecule has 0 rings (SSSR count). The maximum atomic E-state index is 12.5. The van der Waals surface area contributed by atoms with E-state index in [1.165, 1.54) is 0 Å². The molecule has 14 heteroatoms. The number of hydrogen-bond acceptors (Lipinski definition) is 8. The topological polar surface area (TPSA) is 207 Å². The van der Waals surface area contributed by atoms with Gasteiger partial charge in [0, 0.05) is 26.2 Å². The predicted molar refractivity (Wildman–Crippen MR) is 106 cm³/mol. The van der Waals surface area contributed by atoms with Crippen molar-refractivity contribution in [3.05, 3.63) is 0 Å². The summed E-state index contributed by atoms with van der Waals surface area (Å²) in [6, 6.07) is -3.83. The zero-order valence-corrected chi connectivity index (χ0v) is 17.2. The highest BCUT2D eigenvalue weighted by Crippen LogP contribution is 2.09. The predicted octanol–water partition coefficient (Wildman–Crippen LogP) is -0.788. The number of rotatable bonds is 17. The van der Waals surface area contributed by atoms with Gasteiger partial charge in [-0.25, -0.2) is 24.8 Å². The number of aliphatic carboxylic acids is 3. The standard InChI is InChI=1S/C17H29N5O9/c1-3-20-22(17(30)21-11(15(26)27)7-8-14(24)25)12(16(28)29)6-4-5-9-19-13(23)10-31-18-2/h11-12,20H,2-10H2,1H3,(H,19,23)(H,21,30)(H,24,25)(H,26,27)(H,28,29). The van der Waals surface area contributed by atoms with Crippen molar-refractivity contribution >= 4 is 36.6 Å². The summed E-state index contributed by atoms with van der Waals surface area (Å²) in [5.74, 6) is -4.41. The van der Waals surface area contributed by atoms with Crippen molar-refractivity contribution < 1.29 is 44.1 Å². The maximum absolute atomic E-state index is 12.5. The van der Waals surface area contributed by atoms with Crippen molar-refractivity contribution in [2.75, 3.05) is 19.7 Å². The molecule has 0 aromatic heterocycles. The van der Waals surface area contributed by atoms with E-state index in [9.17, 15) is 34.2 Å². The molecule has 0 aliphatic heterocycles. The van der Waals surface area contributed by atoms with E-state index >= 15 is 0 Å². The van der Waals surface area contributed by atoms with Gasteiger partial charge in [-0.1, -0.05) is 6.92 Å². The number of nitrogens with zero attached hydrogens (tertiary/aromatic N) is 2. The van der Waals surface area contributed by atoms with Crippen LogP contribution in [0, 0.1) is 0 Å². The number of urea groups is 1. The Morgan fingerprint density at radius 1 is 1.06 bits per heavy atom. The molecule has 2 atom stereocenters. The van der Waals surface area contributed by atoms with Crippen LogP contribution < -0.4 is 16.1 Å². The minimum atomic E-state index is -1.50. The number of oxime groups is 1. The Hall–Kier alpha value is -3.42. The summed E-state index contributed by atoms with van der Waals surface area (Å²) in [5.41, 5.74) is 2.58. The van der Waals surface area contributed by atoms with E-state index in [0.29, 0.717) is 12.8 Å². The first-order valence-corrected chi connectivity index (χ1v) is 9.49. The molecule has 14 nitrogen and oxygen atoms in total. The van der Waals surface area contributed by atoms with E-state index < -0.39 is 48.4 Å². The fourth-order valence-corrected chi connectivity index (χ4v) is 2.45. The molecule has 31 heavy (non-hydrogen) atoms. The number of unbranched alkanes of at least 4 members (excludes halogenated alkanes) is 1. The van der Waals surface area contributed by atoms with E-state index in [2.05, 4.69) is 32.8 Å². The Kier molecular flexibility index (Phi) is 13.7. The Bertz CT molecular complexity index is 643. The van der Waals surface area contributed by atoms with Gasteiger partial charge in [-0.2, -0.15) is 0 Å². The third-order valence-electron chi connectivity index (χ3n) is 3.90. The van der Waals surface area contributed by atoms with Crippen molar-refractivity contribution in [1.29, 1.82) is 0 Å². The highest BCUT2D eigenvalue weighted by atomic mass is 16.6. The van der Waals surface area contributed by atoms with Crippen molar-refractivity contribution in [3.63, 3.8) is 0 Å². The Morgan fingerprint density at radius 3 is 2.26 bits per heavy atom. The van der Waals surface area contributed by atoms with Crippen LogP contribution in [0.1, 0.15) is 39.0 Å². The lowest BCUT2D eigenvalue weighted by Crippen LogP contribution is -2.58. The summed E-state index contributed by atoms with van der Waals surface area (Å²) >= 11 is 0. The van der Waals surface area contributed by atoms with Crippen molar-refractivity contribution in [3.8, 4) is 0 Å². The summed E-state index contributed by atoms with van der Waals surface area (Å²) in [6.45, 7) is 4.81. The molecule has 3 amide bonds. The summed E-state index contributed by atoms with van der Waals surface area (Å²) in [6.07, 6.45) is -0.0914. The number of carbonyl (C=O) groups excluding carboxylic acids is 2. The molecule has 0 aromatic rings. The fourth-order valence-electron chi connectivity index (χ4n) is 2.45. The van der Waals surface area contributed by atoms with Gasteiger partial charge in [0.15, 0.2) is 6.61 Å². The number of carboxylic acids is 3. The molecule has 0 aliphatic carbocycles. The molecule has 2 unspecified atom stereocenters.